The first-order chi connectivity index (χ1) is 4.33. The largest absolute Gasteiger partial charge is 0.356 e. The molecule has 0 aromatic rings. The lowest BCUT2D eigenvalue weighted by atomic mass is 10.1. The molecule has 1 saturated carbocycles. The van der Waals surface area contributed by atoms with Gasteiger partial charge in [-0.1, -0.05) is 6.92 Å². The maximum absolute atomic E-state index is 9.96. The van der Waals surface area contributed by atoms with Gasteiger partial charge in [0.1, 0.15) is 0 Å². The monoisotopic (exact) mass is 127 g/mol. The number of hydrogen-bond acceptors (Lipinski definition) is 1. The molecular weight excluding hydrogens is 114 g/mol. The Hall–Kier alpha value is -0.530. The second kappa shape index (κ2) is 2.85. The third-order valence-electron chi connectivity index (χ3n) is 2.00. The minimum absolute atomic E-state index is 0.470. The molecule has 0 bridgehead atoms. The molecule has 0 heterocycles. The third-order valence-corrected chi connectivity index (χ3v) is 2.00. The quantitative estimate of drug-likeness (QED) is 0.549. The Morgan fingerprint density at radius 1 is 1.56 bits per heavy atom. The Balaban J connectivity index is 2.21. The normalized spacial score (nSPS) is 34.3. The van der Waals surface area contributed by atoms with Crippen molar-refractivity contribution in [2.24, 2.45) is 5.92 Å². The molecule has 1 rings (SSSR count). The highest BCUT2D eigenvalue weighted by molar-refractivity contribution is 5.46. The molecule has 2 nitrogen and oxygen atoms in total. The van der Waals surface area contributed by atoms with Gasteiger partial charge in [-0.15, -0.1) is 0 Å². The Morgan fingerprint density at radius 2 is 2.33 bits per heavy atom. The highest BCUT2D eigenvalue weighted by Crippen LogP contribution is 2.23. The second-order valence-electron chi connectivity index (χ2n) is 2.90. The molecule has 1 fully saturated rings. The molecule has 0 aromatic carbocycles. The van der Waals surface area contributed by atoms with E-state index in [2.05, 4.69) is 12.2 Å². The van der Waals surface area contributed by atoms with Crippen molar-refractivity contribution in [2.75, 3.05) is 0 Å². The van der Waals surface area contributed by atoms with Crippen molar-refractivity contribution in [1.29, 1.82) is 0 Å². The second-order valence-corrected chi connectivity index (χ2v) is 2.90. The van der Waals surface area contributed by atoms with Gasteiger partial charge in [0.25, 0.3) is 0 Å². The molecule has 1 aliphatic carbocycles. The van der Waals surface area contributed by atoms with Crippen LogP contribution >= 0.6 is 0 Å². The Labute approximate surface area is 55.6 Å². The molecule has 1 N–H and O–H groups in total. The Morgan fingerprint density at radius 3 is 2.78 bits per heavy atom. The molecule has 0 saturated heterocycles. The highest BCUT2D eigenvalue weighted by atomic mass is 16.1. The van der Waals surface area contributed by atoms with Gasteiger partial charge >= 0.3 is 0 Å². The van der Waals surface area contributed by atoms with E-state index in [0.29, 0.717) is 6.04 Å². The molecule has 0 aliphatic heterocycles. The number of amides is 1. The topological polar surface area (TPSA) is 29.1 Å². The molecule has 0 aromatic heterocycles. The molecule has 1 aliphatic rings. The van der Waals surface area contributed by atoms with Crippen LogP contribution in [0.2, 0.25) is 0 Å². The highest BCUT2D eigenvalue weighted by Gasteiger charge is 2.19. The van der Waals surface area contributed by atoms with E-state index in [1.807, 2.05) is 0 Å². The summed E-state index contributed by atoms with van der Waals surface area (Å²) >= 11 is 0. The number of rotatable bonds is 2. The third kappa shape index (κ3) is 1.70. The standard InChI is InChI=1S/C7H13NO/c1-6-2-3-7(4-6)8-5-9/h5-7H,2-4H2,1H3,(H,8,9)/t6-,7+/m0/s1. The molecule has 2 atom stereocenters. The minimum atomic E-state index is 0.470. The summed E-state index contributed by atoms with van der Waals surface area (Å²) in [6.07, 6.45) is 4.41. The van der Waals surface area contributed by atoms with Gasteiger partial charge in [0.15, 0.2) is 0 Å². The summed E-state index contributed by atoms with van der Waals surface area (Å²) in [5.74, 6) is 0.808. The SMILES string of the molecule is C[C@H]1CC[C@@H](NC=O)C1. The summed E-state index contributed by atoms with van der Waals surface area (Å²) in [5.41, 5.74) is 0. The van der Waals surface area contributed by atoms with Crippen LogP contribution in [0.3, 0.4) is 0 Å². The lowest BCUT2D eigenvalue weighted by Crippen LogP contribution is -2.24. The van der Waals surface area contributed by atoms with Crippen LogP contribution in [0.4, 0.5) is 0 Å². The Bertz CT molecular complexity index is 103. The number of hydrogen-bond donors (Lipinski definition) is 1. The molecule has 2 heteroatoms. The van der Waals surface area contributed by atoms with E-state index in [4.69, 9.17) is 0 Å². The average Bonchev–Trinajstić information content (AvgIpc) is 2.17. The molecule has 0 spiro atoms. The maximum Gasteiger partial charge on any atom is 0.207 e. The van der Waals surface area contributed by atoms with Crippen LogP contribution in [0.5, 0.6) is 0 Å². The summed E-state index contributed by atoms with van der Waals surface area (Å²) in [4.78, 5) is 9.96. The fourth-order valence-corrected chi connectivity index (χ4v) is 1.45. The summed E-state index contributed by atoms with van der Waals surface area (Å²) in [5, 5.41) is 2.79. The lowest BCUT2D eigenvalue weighted by molar-refractivity contribution is -0.110. The summed E-state index contributed by atoms with van der Waals surface area (Å²) in [6.45, 7) is 2.23. The van der Waals surface area contributed by atoms with Gasteiger partial charge < -0.3 is 5.32 Å². The first kappa shape index (κ1) is 6.59. The average molecular weight is 127 g/mol. The van der Waals surface area contributed by atoms with Crippen LogP contribution in [-0.4, -0.2) is 12.5 Å². The van der Waals surface area contributed by atoms with Crippen LogP contribution in [-0.2, 0) is 4.79 Å². The van der Waals surface area contributed by atoms with E-state index < -0.39 is 0 Å². The van der Waals surface area contributed by atoms with Crippen molar-refractivity contribution in [3.63, 3.8) is 0 Å². The number of carbonyl (C=O) groups excluding carboxylic acids is 1. The van der Waals surface area contributed by atoms with Gasteiger partial charge in [0, 0.05) is 6.04 Å². The van der Waals surface area contributed by atoms with Gasteiger partial charge in [0.2, 0.25) is 6.41 Å². The van der Waals surface area contributed by atoms with Crippen LogP contribution in [0, 0.1) is 5.92 Å². The van der Waals surface area contributed by atoms with Crippen molar-refractivity contribution in [3.8, 4) is 0 Å². The lowest BCUT2D eigenvalue weighted by Gasteiger charge is -2.05. The summed E-state index contributed by atoms with van der Waals surface area (Å²) < 4.78 is 0. The van der Waals surface area contributed by atoms with Crippen molar-refractivity contribution in [1.82, 2.24) is 5.32 Å². The van der Waals surface area contributed by atoms with E-state index in [1.165, 1.54) is 19.3 Å². The zero-order chi connectivity index (χ0) is 6.69. The molecule has 0 radical (unpaired) electrons. The van der Waals surface area contributed by atoms with E-state index in [-0.39, 0.29) is 0 Å². The van der Waals surface area contributed by atoms with Gasteiger partial charge in [0.05, 0.1) is 0 Å². The van der Waals surface area contributed by atoms with Crippen molar-refractivity contribution in [2.45, 2.75) is 32.2 Å². The molecule has 0 unspecified atom stereocenters. The van der Waals surface area contributed by atoms with Gasteiger partial charge in [-0.3, -0.25) is 4.79 Å². The Kier molecular flexibility index (Phi) is 2.09. The van der Waals surface area contributed by atoms with E-state index in [0.717, 1.165) is 12.3 Å². The van der Waals surface area contributed by atoms with E-state index in [1.54, 1.807) is 0 Å². The van der Waals surface area contributed by atoms with Gasteiger partial charge in [-0.2, -0.15) is 0 Å². The minimum Gasteiger partial charge on any atom is -0.356 e. The van der Waals surface area contributed by atoms with Crippen LogP contribution in [0.15, 0.2) is 0 Å². The van der Waals surface area contributed by atoms with Crippen LogP contribution in [0.25, 0.3) is 0 Å². The molecular formula is C7H13NO. The zero-order valence-electron chi connectivity index (χ0n) is 5.76. The molecule has 9 heavy (non-hydrogen) atoms. The first-order valence-electron chi connectivity index (χ1n) is 3.52. The molecule has 1 amide bonds. The number of carbonyl (C=O) groups is 1. The van der Waals surface area contributed by atoms with Gasteiger partial charge in [-0.05, 0) is 25.2 Å². The number of nitrogens with one attached hydrogen (secondary N) is 1. The van der Waals surface area contributed by atoms with Crippen LogP contribution in [0.1, 0.15) is 26.2 Å². The van der Waals surface area contributed by atoms with Crippen molar-refractivity contribution in [3.05, 3.63) is 0 Å². The van der Waals surface area contributed by atoms with Gasteiger partial charge in [-0.25, -0.2) is 0 Å². The first-order valence-corrected chi connectivity index (χ1v) is 3.52. The predicted molar refractivity (Wildman–Crippen MR) is 36.0 cm³/mol. The van der Waals surface area contributed by atoms with Crippen molar-refractivity contribution < 1.29 is 4.79 Å². The fourth-order valence-electron chi connectivity index (χ4n) is 1.45. The van der Waals surface area contributed by atoms with Crippen LogP contribution < -0.4 is 5.32 Å². The predicted octanol–water partition coefficient (Wildman–Crippen LogP) is 0.921. The molecule has 52 valence electrons. The maximum atomic E-state index is 9.96. The van der Waals surface area contributed by atoms with E-state index in [9.17, 15) is 4.79 Å². The van der Waals surface area contributed by atoms with E-state index >= 15 is 0 Å². The zero-order valence-corrected chi connectivity index (χ0v) is 5.76. The summed E-state index contributed by atoms with van der Waals surface area (Å²) in [6, 6.07) is 0.470. The fraction of sp³-hybridized carbons (Fsp3) is 0.857. The van der Waals surface area contributed by atoms with Crippen molar-refractivity contribution >= 4 is 6.41 Å². The smallest absolute Gasteiger partial charge is 0.207 e. The summed E-state index contributed by atoms with van der Waals surface area (Å²) in [7, 11) is 0.